The van der Waals surface area contributed by atoms with Crippen molar-refractivity contribution in [3.63, 3.8) is 0 Å². The summed E-state index contributed by atoms with van der Waals surface area (Å²) >= 11 is 5.19. The molecule has 0 radical (unpaired) electrons. The van der Waals surface area contributed by atoms with Gasteiger partial charge in [-0.25, -0.2) is 9.97 Å². The van der Waals surface area contributed by atoms with Crippen molar-refractivity contribution in [2.24, 2.45) is 0 Å². The van der Waals surface area contributed by atoms with Crippen molar-refractivity contribution in [2.45, 2.75) is 20.3 Å². The Balaban J connectivity index is 1.96. The van der Waals surface area contributed by atoms with Crippen LogP contribution < -0.4 is 11.1 Å². The summed E-state index contributed by atoms with van der Waals surface area (Å²) in [5.41, 5.74) is 8.57. The molecule has 2 rings (SSSR count). The fraction of sp³-hybridized carbons (Fsp3) is 0.333. The van der Waals surface area contributed by atoms with Crippen molar-refractivity contribution in [3.05, 3.63) is 32.3 Å². The number of rotatable bonds is 4. The van der Waals surface area contributed by atoms with Gasteiger partial charge in [-0.1, -0.05) is 0 Å². The molecule has 0 amide bonds. The quantitative estimate of drug-likeness (QED) is 0.905. The molecule has 0 fully saturated rings. The minimum Gasteiger partial charge on any atom is -0.397 e. The first-order valence-electron chi connectivity index (χ1n) is 5.63. The van der Waals surface area contributed by atoms with Crippen molar-refractivity contribution >= 4 is 38.8 Å². The van der Waals surface area contributed by atoms with Crippen molar-refractivity contribution in [2.75, 3.05) is 17.6 Å². The largest absolute Gasteiger partial charge is 0.397 e. The molecule has 0 spiro atoms. The van der Waals surface area contributed by atoms with Gasteiger partial charge in [0.05, 0.1) is 21.4 Å². The average Bonchev–Trinajstić information content (AvgIpc) is 2.75. The summed E-state index contributed by atoms with van der Waals surface area (Å²) in [6.07, 6.45) is 2.58. The van der Waals surface area contributed by atoms with Crippen molar-refractivity contribution < 1.29 is 0 Å². The van der Waals surface area contributed by atoms with Crippen LogP contribution in [0, 0.1) is 13.8 Å². The molecule has 2 aromatic heterocycles. The number of nitrogen functional groups attached to an aromatic ring is 1. The minimum absolute atomic E-state index is 0.697. The molecule has 2 aromatic rings. The Labute approximate surface area is 119 Å². The lowest BCUT2D eigenvalue weighted by Crippen LogP contribution is -2.08. The minimum atomic E-state index is 0.697. The normalized spacial score (nSPS) is 10.6. The van der Waals surface area contributed by atoms with Crippen molar-refractivity contribution in [3.8, 4) is 0 Å². The molecule has 0 saturated carbocycles. The Hall–Kier alpha value is -1.14. The van der Waals surface area contributed by atoms with Crippen LogP contribution in [0.4, 0.5) is 11.5 Å². The molecule has 3 N–H and O–H groups in total. The van der Waals surface area contributed by atoms with Crippen LogP contribution in [-0.2, 0) is 6.42 Å². The lowest BCUT2D eigenvalue weighted by atomic mass is 10.2. The molecule has 96 valence electrons. The zero-order valence-electron chi connectivity index (χ0n) is 10.3. The summed E-state index contributed by atoms with van der Waals surface area (Å²) in [7, 11) is 0. The van der Waals surface area contributed by atoms with Crippen LogP contribution in [0.5, 0.6) is 0 Å². The lowest BCUT2D eigenvalue weighted by molar-refractivity contribution is 0.975. The third-order valence-corrected chi connectivity index (χ3v) is 4.60. The number of pyridine rings is 1. The van der Waals surface area contributed by atoms with E-state index < -0.39 is 0 Å². The van der Waals surface area contributed by atoms with Gasteiger partial charge in [0.15, 0.2) is 0 Å². The van der Waals surface area contributed by atoms with Gasteiger partial charge < -0.3 is 11.1 Å². The average molecular weight is 327 g/mol. The highest BCUT2D eigenvalue weighted by atomic mass is 79.9. The lowest BCUT2D eigenvalue weighted by Gasteiger charge is -2.10. The number of aromatic nitrogens is 2. The van der Waals surface area contributed by atoms with Crippen LogP contribution in [-0.4, -0.2) is 16.5 Å². The van der Waals surface area contributed by atoms with Gasteiger partial charge in [0.25, 0.3) is 0 Å². The smallest absolute Gasteiger partial charge is 0.140 e. The molecule has 0 aliphatic carbocycles. The van der Waals surface area contributed by atoms with E-state index in [1.807, 2.05) is 13.8 Å². The second-order valence-corrected chi connectivity index (χ2v) is 5.80. The van der Waals surface area contributed by atoms with Gasteiger partial charge in [0.2, 0.25) is 0 Å². The number of halogens is 1. The highest BCUT2D eigenvalue weighted by Gasteiger charge is 2.07. The van der Waals surface area contributed by atoms with E-state index in [-0.39, 0.29) is 0 Å². The number of hydrogen-bond acceptors (Lipinski definition) is 5. The third-order valence-electron chi connectivity index (χ3n) is 2.60. The summed E-state index contributed by atoms with van der Waals surface area (Å²) in [5, 5.41) is 6.50. The predicted octanol–water partition coefficient (Wildman–Crippen LogP) is 3.15. The van der Waals surface area contributed by atoms with E-state index in [1.165, 1.54) is 0 Å². The van der Waals surface area contributed by atoms with Crippen molar-refractivity contribution in [1.82, 2.24) is 9.97 Å². The van der Waals surface area contributed by atoms with Crippen LogP contribution in [0.25, 0.3) is 0 Å². The van der Waals surface area contributed by atoms with E-state index in [0.717, 1.165) is 39.5 Å². The SMILES string of the molecule is Cc1csc(CCNc2ncc(N)c(C)c2Br)n1. The van der Waals surface area contributed by atoms with Crippen molar-refractivity contribution in [1.29, 1.82) is 0 Å². The van der Waals surface area contributed by atoms with E-state index >= 15 is 0 Å². The van der Waals surface area contributed by atoms with E-state index in [0.29, 0.717) is 5.69 Å². The number of anilines is 2. The molecular weight excluding hydrogens is 312 g/mol. The van der Waals surface area contributed by atoms with Crippen LogP contribution in [0.15, 0.2) is 16.0 Å². The Kier molecular flexibility index (Phi) is 4.19. The monoisotopic (exact) mass is 326 g/mol. The fourth-order valence-corrected chi connectivity index (χ4v) is 2.77. The van der Waals surface area contributed by atoms with E-state index in [4.69, 9.17) is 5.73 Å². The van der Waals surface area contributed by atoms with E-state index in [9.17, 15) is 0 Å². The van der Waals surface area contributed by atoms with Gasteiger partial charge in [-0.15, -0.1) is 11.3 Å². The summed E-state index contributed by atoms with van der Waals surface area (Å²) in [6.45, 7) is 4.78. The molecule has 0 saturated heterocycles. The maximum Gasteiger partial charge on any atom is 0.140 e. The summed E-state index contributed by atoms with van der Waals surface area (Å²) < 4.78 is 0.929. The van der Waals surface area contributed by atoms with Crippen LogP contribution >= 0.6 is 27.3 Å². The Bertz CT molecular complexity index is 553. The zero-order chi connectivity index (χ0) is 13.1. The summed E-state index contributed by atoms with van der Waals surface area (Å²) in [6, 6.07) is 0. The molecule has 18 heavy (non-hydrogen) atoms. The number of thiazole rings is 1. The maximum atomic E-state index is 5.78. The molecule has 0 atom stereocenters. The Morgan fingerprint density at radius 1 is 1.44 bits per heavy atom. The molecule has 0 aromatic carbocycles. The first-order chi connectivity index (χ1) is 8.58. The first kappa shape index (κ1) is 13.3. The number of nitrogens with two attached hydrogens (primary N) is 1. The van der Waals surface area contributed by atoms with Gasteiger partial charge in [-0.3, -0.25) is 0 Å². The first-order valence-corrected chi connectivity index (χ1v) is 7.30. The highest BCUT2D eigenvalue weighted by molar-refractivity contribution is 9.10. The maximum absolute atomic E-state index is 5.78. The molecule has 0 aliphatic rings. The number of hydrogen-bond donors (Lipinski definition) is 2. The molecule has 2 heterocycles. The Morgan fingerprint density at radius 2 is 2.22 bits per heavy atom. The predicted molar refractivity (Wildman–Crippen MR) is 80.1 cm³/mol. The van der Waals surface area contributed by atoms with Crippen LogP contribution in [0.2, 0.25) is 0 Å². The second-order valence-electron chi connectivity index (χ2n) is 4.06. The number of nitrogens with one attached hydrogen (secondary N) is 1. The number of nitrogens with zero attached hydrogens (tertiary/aromatic N) is 2. The van der Waals surface area contributed by atoms with Gasteiger partial charge in [-0.2, -0.15) is 0 Å². The summed E-state index contributed by atoms with van der Waals surface area (Å²) in [4.78, 5) is 8.70. The van der Waals surface area contributed by atoms with E-state index in [1.54, 1.807) is 17.5 Å². The molecule has 0 bridgehead atoms. The van der Waals surface area contributed by atoms with E-state index in [2.05, 4.69) is 36.6 Å². The van der Waals surface area contributed by atoms with Gasteiger partial charge in [0, 0.05) is 24.0 Å². The second kappa shape index (κ2) is 5.67. The zero-order valence-corrected chi connectivity index (χ0v) is 12.7. The molecule has 6 heteroatoms. The third kappa shape index (κ3) is 3.00. The van der Waals surface area contributed by atoms with Crippen LogP contribution in [0.1, 0.15) is 16.3 Å². The highest BCUT2D eigenvalue weighted by Crippen LogP contribution is 2.27. The van der Waals surface area contributed by atoms with Gasteiger partial charge in [-0.05, 0) is 35.3 Å². The molecule has 0 aliphatic heterocycles. The standard InChI is InChI=1S/C12H15BrN4S/c1-7-6-18-10(17-7)3-4-15-12-11(13)8(2)9(14)5-16-12/h5-6H,3-4,14H2,1-2H3,(H,15,16). The Morgan fingerprint density at radius 3 is 2.89 bits per heavy atom. The number of aryl methyl sites for hydroxylation is 1. The molecule has 0 unspecified atom stereocenters. The summed E-state index contributed by atoms with van der Waals surface area (Å²) in [5.74, 6) is 0.829. The topological polar surface area (TPSA) is 63.8 Å². The molecular formula is C12H15BrN4S. The van der Waals surface area contributed by atoms with Crippen LogP contribution in [0.3, 0.4) is 0 Å². The van der Waals surface area contributed by atoms with Gasteiger partial charge in [0.1, 0.15) is 5.82 Å². The molecule has 4 nitrogen and oxygen atoms in total. The van der Waals surface area contributed by atoms with Gasteiger partial charge >= 0.3 is 0 Å². The fourth-order valence-electron chi connectivity index (χ4n) is 1.52.